The molecule has 1 rings (SSSR count). The Labute approximate surface area is 105 Å². The van der Waals surface area contributed by atoms with E-state index in [1.807, 2.05) is 12.3 Å². The topological polar surface area (TPSA) is 28.4 Å². The summed E-state index contributed by atoms with van der Waals surface area (Å²) in [6, 6.07) is 3.23. The van der Waals surface area contributed by atoms with Gasteiger partial charge < -0.3 is 9.73 Å². The van der Waals surface area contributed by atoms with E-state index in [2.05, 4.69) is 38.0 Å². The number of furan rings is 1. The smallest absolute Gasteiger partial charge is 0.0947 e. The van der Waals surface area contributed by atoms with Gasteiger partial charge in [0.25, 0.3) is 0 Å². The largest absolute Gasteiger partial charge is 0.472 e. The lowest BCUT2D eigenvalue weighted by Crippen LogP contribution is -2.30. The zero-order chi connectivity index (χ0) is 12.7. The van der Waals surface area contributed by atoms with Crippen molar-refractivity contribution in [2.75, 3.05) is 13.6 Å². The molecule has 0 amide bonds. The summed E-state index contributed by atoms with van der Waals surface area (Å²) in [5.74, 6) is 0. The van der Waals surface area contributed by atoms with Crippen molar-refractivity contribution in [2.45, 2.75) is 52.2 Å². The van der Waals surface area contributed by atoms with Crippen molar-refractivity contribution in [3.63, 3.8) is 0 Å². The SMILES string of the molecule is CC(C)NCCCC(C)N(C)Cc1ccoc1. The first-order valence-electron chi connectivity index (χ1n) is 6.54. The van der Waals surface area contributed by atoms with Gasteiger partial charge in [-0.1, -0.05) is 13.8 Å². The Balaban J connectivity index is 2.16. The first-order chi connectivity index (χ1) is 8.09. The molecule has 0 aliphatic carbocycles. The summed E-state index contributed by atoms with van der Waals surface area (Å²) in [6.07, 6.45) is 6.02. The minimum atomic E-state index is 0.592. The summed E-state index contributed by atoms with van der Waals surface area (Å²) in [5, 5.41) is 3.45. The highest BCUT2D eigenvalue weighted by Gasteiger charge is 2.09. The lowest BCUT2D eigenvalue weighted by atomic mass is 10.1. The lowest BCUT2D eigenvalue weighted by Gasteiger charge is -2.24. The van der Waals surface area contributed by atoms with Gasteiger partial charge in [0.2, 0.25) is 0 Å². The van der Waals surface area contributed by atoms with E-state index in [1.54, 1.807) is 6.26 Å². The first kappa shape index (κ1) is 14.3. The van der Waals surface area contributed by atoms with Gasteiger partial charge in [0.1, 0.15) is 0 Å². The molecule has 3 heteroatoms. The summed E-state index contributed by atoms with van der Waals surface area (Å²) < 4.78 is 5.08. The summed E-state index contributed by atoms with van der Waals surface area (Å²) in [4.78, 5) is 2.38. The second-order valence-corrected chi connectivity index (χ2v) is 5.15. The fourth-order valence-corrected chi connectivity index (χ4v) is 1.84. The van der Waals surface area contributed by atoms with Crippen LogP contribution in [0.25, 0.3) is 0 Å². The molecule has 1 aromatic heterocycles. The van der Waals surface area contributed by atoms with Crippen LogP contribution in [0.1, 0.15) is 39.2 Å². The van der Waals surface area contributed by atoms with Crippen LogP contribution in [-0.2, 0) is 6.54 Å². The minimum Gasteiger partial charge on any atom is -0.472 e. The molecule has 0 aromatic carbocycles. The maximum atomic E-state index is 5.08. The molecule has 0 saturated carbocycles. The summed E-state index contributed by atoms with van der Waals surface area (Å²) in [5.41, 5.74) is 1.25. The molecule has 3 nitrogen and oxygen atoms in total. The van der Waals surface area contributed by atoms with Crippen molar-refractivity contribution in [3.05, 3.63) is 24.2 Å². The molecular formula is C14H26N2O. The standard InChI is InChI=1S/C14H26N2O/c1-12(2)15-8-5-6-13(3)16(4)10-14-7-9-17-11-14/h7,9,11-13,15H,5-6,8,10H2,1-4H3. The van der Waals surface area contributed by atoms with Crippen LogP contribution < -0.4 is 5.32 Å². The molecule has 1 unspecified atom stereocenters. The van der Waals surface area contributed by atoms with E-state index in [1.165, 1.54) is 18.4 Å². The van der Waals surface area contributed by atoms with Crippen molar-refractivity contribution in [1.29, 1.82) is 0 Å². The summed E-state index contributed by atoms with van der Waals surface area (Å²) >= 11 is 0. The third-order valence-electron chi connectivity index (χ3n) is 3.12. The molecule has 0 spiro atoms. The van der Waals surface area contributed by atoms with Crippen LogP contribution in [0.3, 0.4) is 0 Å². The van der Waals surface area contributed by atoms with Crippen LogP contribution >= 0.6 is 0 Å². The first-order valence-corrected chi connectivity index (χ1v) is 6.54. The van der Waals surface area contributed by atoms with E-state index in [4.69, 9.17) is 4.42 Å². The van der Waals surface area contributed by atoms with E-state index >= 15 is 0 Å². The third-order valence-corrected chi connectivity index (χ3v) is 3.12. The molecule has 0 radical (unpaired) electrons. The Kier molecular flexibility index (Phi) is 6.30. The number of nitrogens with zero attached hydrogens (tertiary/aromatic N) is 1. The molecule has 0 aliphatic rings. The number of nitrogens with one attached hydrogen (secondary N) is 1. The van der Waals surface area contributed by atoms with E-state index in [9.17, 15) is 0 Å². The molecule has 98 valence electrons. The lowest BCUT2D eigenvalue weighted by molar-refractivity contribution is 0.233. The van der Waals surface area contributed by atoms with Gasteiger partial charge in [0.15, 0.2) is 0 Å². The van der Waals surface area contributed by atoms with Crippen LogP contribution in [0.5, 0.6) is 0 Å². The molecular weight excluding hydrogens is 212 g/mol. The summed E-state index contributed by atoms with van der Waals surface area (Å²) in [7, 11) is 2.17. The van der Waals surface area contributed by atoms with Gasteiger partial charge in [0, 0.05) is 24.2 Å². The van der Waals surface area contributed by atoms with Crippen molar-refractivity contribution in [1.82, 2.24) is 10.2 Å². The zero-order valence-corrected chi connectivity index (χ0v) is 11.6. The molecule has 1 heterocycles. The Hall–Kier alpha value is -0.800. The predicted octanol–water partition coefficient (Wildman–Crippen LogP) is 2.88. The van der Waals surface area contributed by atoms with E-state index in [0.717, 1.165) is 13.1 Å². The highest BCUT2D eigenvalue weighted by atomic mass is 16.3. The number of hydrogen-bond donors (Lipinski definition) is 1. The van der Waals surface area contributed by atoms with E-state index in [0.29, 0.717) is 12.1 Å². The average Bonchev–Trinajstić information content (AvgIpc) is 2.76. The highest BCUT2D eigenvalue weighted by molar-refractivity contribution is 5.04. The molecule has 17 heavy (non-hydrogen) atoms. The maximum absolute atomic E-state index is 5.08. The van der Waals surface area contributed by atoms with Crippen LogP contribution in [0.4, 0.5) is 0 Å². The van der Waals surface area contributed by atoms with Crippen molar-refractivity contribution >= 4 is 0 Å². The van der Waals surface area contributed by atoms with Crippen LogP contribution in [0.2, 0.25) is 0 Å². The Morgan fingerprint density at radius 2 is 2.12 bits per heavy atom. The second-order valence-electron chi connectivity index (χ2n) is 5.15. The van der Waals surface area contributed by atoms with Gasteiger partial charge >= 0.3 is 0 Å². The maximum Gasteiger partial charge on any atom is 0.0947 e. The van der Waals surface area contributed by atoms with Gasteiger partial charge in [-0.3, -0.25) is 4.90 Å². The van der Waals surface area contributed by atoms with Crippen LogP contribution in [0, 0.1) is 0 Å². The molecule has 0 aliphatic heterocycles. The minimum absolute atomic E-state index is 0.592. The quantitative estimate of drug-likeness (QED) is 0.706. The van der Waals surface area contributed by atoms with E-state index in [-0.39, 0.29) is 0 Å². The van der Waals surface area contributed by atoms with Crippen molar-refractivity contribution < 1.29 is 4.42 Å². The molecule has 0 fully saturated rings. The summed E-state index contributed by atoms with van der Waals surface area (Å²) in [6.45, 7) is 8.75. The van der Waals surface area contributed by atoms with Gasteiger partial charge in [-0.05, 0) is 39.4 Å². The highest BCUT2D eigenvalue weighted by Crippen LogP contribution is 2.10. The average molecular weight is 238 g/mol. The van der Waals surface area contributed by atoms with Crippen LogP contribution in [0.15, 0.2) is 23.0 Å². The van der Waals surface area contributed by atoms with Gasteiger partial charge in [-0.2, -0.15) is 0 Å². The fourth-order valence-electron chi connectivity index (χ4n) is 1.84. The van der Waals surface area contributed by atoms with Gasteiger partial charge in [0.05, 0.1) is 12.5 Å². The number of hydrogen-bond acceptors (Lipinski definition) is 3. The molecule has 0 saturated heterocycles. The molecule has 1 aromatic rings. The fraction of sp³-hybridized carbons (Fsp3) is 0.714. The monoisotopic (exact) mass is 238 g/mol. The van der Waals surface area contributed by atoms with Crippen LogP contribution in [-0.4, -0.2) is 30.6 Å². The predicted molar refractivity (Wildman–Crippen MR) is 72.0 cm³/mol. The Morgan fingerprint density at radius 1 is 1.35 bits per heavy atom. The van der Waals surface area contributed by atoms with Gasteiger partial charge in [-0.25, -0.2) is 0 Å². The normalized spacial score (nSPS) is 13.5. The number of rotatable bonds is 8. The van der Waals surface area contributed by atoms with Gasteiger partial charge in [-0.15, -0.1) is 0 Å². The Bertz CT molecular complexity index is 282. The Morgan fingerprint density at radius 3 is 2.71 bits per heavy atom. The zero-order valence-electron chi connectivity index (χ0n) is 11.6. The second kappa shape index (κ2) is 7.51. The molecule has 1 atom stereocenters. The van der Waals surface area contributed by atoms with Crippen molar-refractivity contribution in [3.8, 4) is 0 Å². The van der Waals surface area contributed by atoms with Crippen molar-refractivity contribution in [2.24, 2.45) is 0 Å². The molecule has 0 bridgehead atoms. The molecule has 1 N–H and O–H groups in total. The third kappa shape index (κ3) is 5.89. The van der Waals surface area contributed by atoms with E-state index < -0.39 is 0 Å².